The van der Waals surface area contributed by atoms with Crippen molar-refractivity contribution in [3.63, 3.8) is 0 Å². The van der Waals surface area contributed by atoms with Gasteiger partial charge >= 0.3 is 37.9 Å². The van der Waals surface area contributed by atoms with Crippen LogP contribution in [0, 0.1) is 0 Å². The average molecular weight is 492 g/mol. The van der Waals surface area contributed by atoms with E-state index < -0.39 is 20.8 Å². The van der Waals surface area contributed by atoms with Gasteiger partial charge in [0.2, 0.25) is 0 Å². The fraction of sp³-hybridized carbons (Fsp3) is 0.545. The summed E-state index contributed by atoms with van der Waals surface area (Å²) >= 11 is -0.826. The van der Waals surface area contributed by atoms with Gasteiger partial charge in [-0.15, -0.1) is 0 Å². The Kier molecular flexibility index (Phi) is 23.8. The minimum atomic E-state index is -0.826. The number of halogens is 2. The van der Waals surface area contributed by atoms with E-state index in [9.17, 15) is 0 Å². The number of hydrogen-bond donors (Lipinski definition) is 0. The summed E-state index contributed by atoms with van der Waals surface area (Å²) in [6.07, 6.45) is 7.33. The van der Waals surface area contributed by atoms with E-state index in [1.165, 1.54) is 60.8 Å². The van der Waals surface area contributed by atoms with Crippen molar-refractivity contribution >= 4 is 26.5 Å². The molecule has 0 saturated carbocycles. The summed E-state index contributed by atoms with van der Waals surface area (Å²) in [6, 6.07) is 13.5. The van der Waals surface area contributed by atoms with Gasteiger partial charge in [-0.05, 0) is 0 Å². The molecule has 0 unspecified atom stereocenters. The minimum absolute atomic E-state index is 0.750. The summed E-state index contributed by atoms with van der Waals surface area (Å²) in [5, 5.41) is 0. The third-order valence-corrected chi connectivity index (χ3v) is 3.66. The van der Waals surface area contributed by atoms with E-state index in [4.69, 9.17) is 17.0 Å². The predicted octanol–water partition coefficient (Wildman–Crippen LogP) is 7.74. The first-order valence-corrected chi connectivity index (χ1v) is 18.4. The van der Waals surface area contributed by atoms with Crippen molar-refractivity contribution in [3.05, 3.63) is 58.7 Å². The molecule has 0 aliphatic heterocycles. The summed E-state index contributed by atoms with van der Waals surface area (Å²) in [7, 11) is 10.6. The maximum absolute atomic E-state index is 4.93. The van der Waals surface area contributed by atoms with Gasteiger partial charge in [0.25, 0.3) is 0 Å². The molecule has 2 aromatic carbocycles. The van der Waals surface area contributed by atoms with Gasteiger partial charge in [-0.3, -0.25) is 0 Å². The first kappa shape index (κ1) is 28.6. The molecular formula is C22H37Cl2SiZr. The quantitative estimate of drug-likeness (QED) is 0.286. The predicted molar refractivity (Wildman–Crippen MR) is 121 cm³/mol. The van der Waals surface area contributed by atoms with Crippen LogP contribution in [0.25, 0.3) is 0 Å². The molecular weight excluding hydrogens is 454 g/mol. The second kappa shape index (κ2) is 21.7. The van der Waals surface area contributed by atoms with Crippen molar-refractivity contribution in [2.75, 3.05) is 0 Å². The van der Waals surface area contributed by atoms with Crippen molar-refractivity contribution in [2.45, 2.75) is 79.3 Å². The van der Waals surface area contributed by atoms with Crippen molar-refractivity contribution in [1.82, 2.24) is 0 Å². The molecule has 1 radical (unpaired) electrons. The van der Waals surface area contributed by atoms with Crippen LogP contribution in [0.3, 0.4) is 0 Å². The van der Waals surface area contributed by atoms with Gasteiger partial charge in [0.15, 0.2) is 0 Å². The summed E-state index contributed by atoms with van der Waals surface area (Å²) in [4.78, 5) is 0. The molecule has 147 valence electrons. The number of rotatable bonds is 6. The molecule has 0 N–H and O–H groups in total. The van der Waals surface area contributed by atoms with Gasteiger partial charge in [-0.1, -0.05) is 79.3 Å². The van der Waals surface area contributed by atoms with Crippen LogP contribution in [0.15, 0.2) is 36.4 Å². The Hall–Kier alpha value is 0.380. The Morgan fingerprint density at radius 2 is 1.12 bits per heavy atom. The first-order chi connectivity index (χ1) is 12.6. The van der Waals surface area contributed by atoms with E-state index in [2.05, 4.69) is 77.2 Å². The molecule has 0 amide bonds. The van der Waals surface area contributed by atoms with E-state index in [1.807, 2.05) is 0 Å². The molecule has 0 nitrogen and oxygen atoms in total. The van der Waals surface area contributed by atoms with E-state index in [0.29, 0.717) is 0 Å². The molecule has 2 aromatic rings. The first-order valence-electron chi connectivity index (χ1n) is 9.75. The fourth-order valence-corrected chi connectivity index (χ4v) is 2.43. The second-order valence-electron chi connectivity index (χ2n) is 6.11. The van der Waals surface area contributed by atoms with Crippen LogP contribution in [0.5, 0.6) is 0 Å². The Morgan fingerprint density at radius 3 is 1.31 bits per heavy atom. The Balaban J connectivity index is 0. The molecule has 0 saturated heterocycles. The van der Waals surface area contributed by atoms with E-state index in [0.717, 1.165) is 9.52 Å². The monoisotopic (exact) mass is 489 g/mol. The molecule has 4 heteroatoms. The van der Waals surface area contributed by atoms with Gasteiger partial charge in [0, 0.05) is 9.52 Å². The normalized spacial score (nSPS) is 8.92. The third kappa shape index (κ3) is 16.5. The topological polar surface area (TPSA) is 0 Å². The van der Waals surface area contributed by atoms with Crippen LogP contribution in [0.1, 0.15) is 62.8 Å². The van der Waals surface area contributed by atoms with E-state index in [-0.39, 0.29) is 0 Å². The Labute approximate surface area is 184 Å². The van der Waals surface area contributed by atoms with E-state index in [1.54, 1.807) is 0 Å². The van der Waals surface area contributed by atoms with Crippen molar-refractivity contribution in [1.29, 1.82) is 0 Å². The van der Waals surface area contributed by atoms with Crippen LogP contribution in [-0.4, -0.2) is 9.52 Å². The van der Waals surface area contributed by atoms with Crippen molar-refractivity contribution in [3.8, 4) is 0 Å². The third-order valence-electron chi connectivity index (χ3n) is 3.66. The maximum atomic E-state index is 4.93. The SMILES string of the molecule is CCCc1cc(CC)c[cH-]1.CCCc1cc(CC)c[cH-]1.C[SiH]C.[Cl][Zr+2][Cl]. The zero-order valence-electron chi connectivity index (χ0n) is 17.5. The molecule has 0 bridgehead atoms. The molecule has 0 spiro atoms. The van der Waals surface area contributed by atoms with Gasteiger partial charge in [-0.2, -0.15) is 46.5 Å². The molecule has 2 rings (SSSR count). The molecule has 0 fully saturated rings. The van der Waals surface area contributed by atoms with Crippen LogP contribution in [-0.2, 0) is 46.5 Å². The van der Waals surface area contributed by atoms with Crippen LogP contribution in [0.4, 0.5) is 0 Å². The van der Waals surface area contributed by atoms with Crippen LogP contribution in [0.2, 0.25) is 13.1 Å². The fourth-order valence-electron chi connectivity index (χ4n) is 2.43. The van der Waals surface area contributed by atoms with Crippen molar-refractivity contribution < 1.29 is 20.8 Å². The Morgan fingerprint density at radius 1 is 0.808 bits per heavy atom. The molecule has 0 aliphatic rings. The second-order valence-corrected chi connectivity index (χ2v) is 11.0. The van der Waals surface area contributed by atoms with Gasteiger partial charge < -0.3 is 0 Å². The van der Waals surface area contributed by atoms with Crippen LogP contribution < -0.4 is 0 Å². The number of hydrogen-bond acceptors (Lipinski definition) is 0. The zero-order valence-corrected chi connectivity index (χ0v) is 22.7. The number of aryl methyl sites for hydroxylation is 4. The molecule has 0 aromatic heterocycles. The van der Waals surface area contributed by atoms with Crippen molar-refractivity contribution in [2.24, 2.45) is 0 Å². The average Bonchev–Trinajstić information content (AvgIpc) is 3.27. The molecule has 0 heterocycles. The summed E-state index contributed by atoms with van der Waals surface area (Å²) in [6.45, 7) is 13.3. The molecule has 26 heavy (non-hydrogen) atoms. The summed E-state index contributed by atoms with van der Waals surface area (Å²) in [5.74, 6) is 0. The standard InChI is InChI=1S/2C10H15.C2H7Si.2ClH.Zr/c2*1-3-5-10-7-6-9(4-2)8-10;1-3-2;;;/h2*6-8H,3-5H2,1-2H3;3H,1-2H3;2*1H;/q2*-1;;;;+4/p-2. The van der Waals surface area contributed by atoms with Gasteiger partial charge in [0.05, 0.1) is 0 Å². The molecule has 0 aliphatic carbocycles. The summed E-state index contributed by atoms with van der Waals surface area (Å²) < 4.78 is 0. The molecule has 0 atom stereocenters. The van der Waals surface area contributed by atoms with Gasteiger partial charge in [0.1, 0.15) is 0 Å². The van der Waals surface area contributed by atoms with Crippen LogP contribution >= 0.6 is 17.0 Å². The van der Waals surface area contributed by atoms with Gasteiger partial charge in [-0.25, -0.2) is 12.1 Å². The van der Waals surface area contributed by atoms with E-state index >= 15 is 0 Å². The summed E-state index contributed by atoms with van der Waals surface area (Å²) in [5.41, 5.74) is 5.95. The Bertz CT molecular complexity index is 459. The zero-order chi connectivity index (χ0) is 20.2.